The third-order valence-corrected chi connectivity index (χ3v) is 3.62. The van der Waals surface area contributed by atoms with Crippen LogP contribution in [0.4, 0.5) is 0 Å². The van der Waals surface area contributed by atoms with Gasteiger partial charge in [0.05, 0.1) is 12.7 Å². The number of carbonyl (C=O) groups excluding carboxylic acids is 1. The Hall–Kier alpha value is -1.04. The average Bonchev–Trinajstić information content (AvgIpc) is 2.68. The quantitative estimate of drug-likeness (QED) is 0.349. The van der Waals surface area contributed by atoms with E-state index in [9.17, 15) is 4.79 Å². The first-order valence-corrected chi connectivity index (χ1v) is 6.60. The number of halogens is 1. The fraction of sp³-hybridized carbons (Fsp3) is 0.250. The molecule has 0 N–H and O–H groups in total. The minimum absolute atomic E-state index is 0.160. The van der Waals surface area contributed by atoms with Gasteiger partial charge in [0, 0.05) is 21.4 Å². The van der Waals surface area contributed by atoms with Gasteiger partial charge < -0.3 is 9.15 Å². The molecule has 0 atom stereocenters. The van der Waals surface area contributed by atoms with Gasteiger partial charge in [0.2, 0.25) is 0 Å². The highest BCUT2D eigenvalue weighted by Crippen LogP contribution is 2.33. The van der Waals surface area contributed by atoms with E-state index >= 15 is 0 Å². The third kappa shape index (κ3) is 1.52. The topological polar surface area (TPSA) is 39.4 Å². The molecule has 2 aromatic rings. The average molecular weight is 328 g/mol. The number of fused-ring (bicyclic) bond motifs is 2. The highest BCUT2D eigenvalue weighted by atomic mass is 127. The summed E-state index contributed by atoms with van der Waals surface area (Å²) in [6, 6.07) is 3.89. The van der Waals surface area contributed by atoms with E-state index in [1.54, 1.807) is 6.26 Å². The molecule has 0 amide bonds. The molecule has 82 valence electrons. The summed E-state index contributed by atoms with van der Waals surface area (Å²) in [6.07, 6.45) is 3.00. The molecule has 1 aliphatic heterocycles. The zero-order chi connectivity index (χ0) is 11.1. The second-order valence-electron chi connectivity index (χ2n) is 3.82. The molecule has 3 rings (SSSR count). The number of ether oxygens (including phenoxy) is 1. The highest BCUT2D eigenvalue weighted by molar-refractivity contribution is 14.1. The number of hydrogen-bond donors (Lipinski definition) is 0. The molecular weight excluding hydrogens is 319 g/mol. The summed E-state index contributed by atoms with van der Waals surface area (Å²) in [7, 11) is 0. The molecule has 4 heteroatoms. The lowest BCUT2D eigenvalue weighted by Gasteiger charge is -2.14. The lowest BCUT2D eigenvalue weighted by molar-refractivity contribution is -0.135. The van der Waals surface area contributed by atoms with Gasteiger partial charge in [-0.1, -0.05) is 22.6 Å². The first-order chi connectivity index (χ1) is 7.78. The molecule has 2 heterocycles. The normalized spacial score (nSPS) is 14.9. The number of rotatable bonds is 1. The van der Waals surface area contributed by atoms with Crippen LogP contribution in [0.25, 0.3) is 11.0 Å². The Balaban J connectivity index is 2.21. The largest absolute Gasteiger partial charge is 0.464 e. The summed E-state index contributed by atoms with van der Waals surface area (Å²) < 4.78 is 11.5. The Kier molecular flexibility index (Phi) is 2.38. The van der Waals surface area contributed by atoms with Crippen LogP contribution < -0.4 is 4.74 Å². The molecular formula is C12H9IO3. The monoisotopic (exact) mass is 328 g/mol. The van der Waals surface area contributed by atoms with E-state index in [0.29, 0.717) is 12.2 Å². The van der Waals surface area contributed by atoms with E-state index in [-0.39, 0.29) is 5.97 Å². The number of aryl methyl sites for hydroxylation is 1. The molecule has 3 nitrogen and oxygen atoms in total. The van der Waals surface area contributed by atoms with Gasteiger partial charge in [-0.3, -0.25) is 4.79 Å². The minimum atomic E-state index is -0.160. The molecule has 0 aliphatic carbocycles. The molecule has 16 heavy (non-hydrogen) atoms. The van der Waals surface area contributed by atoms with Gasteiger partial charge in [-0.25, -0.2) is 0 Å². The Morgan fingerprint density at radius 2 is 2.19 bits per heavy atom. The molecule has 1 aromatic carbocycles. The van der Waals surface area contributed by atoms with Crippen molar-refractivity contribution in [3.8, 4) is 5.75 Å². The summed E-state index contributed by atoms with van der Waals surface area (Å²) in [5.74, 6) is 0.491. The minimum Gasteiger partial charge on any atom is -0.464 e. The Morgan fingerprint density at radius 3 is 3.00 bits per heavy atom. The lowest BCUT2D eigenvalue weighted by atomic mass is 10.0. The van der Waals surface area contributed by atoms with Gasteiger partial charge in [0.15, 0.2) is 0 Å². The van der Waals surface area contributed by atoms with E-state index in [1.807, 2.05) is 6.07 Å². The maximum absolute atomic E-state index is 11.2. The molecule has 0 saturated heterocycles. The lowest BCUT2D eigenvalue weighted by Crippen LogP contribution is -2.15. The van der Waals surface area contributed by atoms with Gasteiger partial charge in [-0.15, -0.1) is 0 Å². The van der Waals surface area contributed by atoms with Gasteiger partial charge >= 0.3 is 5.97 Å². The molecule has 0 radical (unpaired) electrons. The van der Waals surface area contributed by atoms with Crippen molar-refractivity contribution in [1.29, 1.82) is 0 Å². The predicted molar refractivity (Wildman–Crippen MR) is 67.9 cm³/mol. The Bertz CT molecular complexity index is 571. The summed E-state index contributed by atoms with van der Waals surface area (Å²) >= 11 is 2.31. The van der Waals surface area contributed by atoms with E-state index in [2.05, 4.69) is 28.7 Å². The second-order valence-corrected chi connectivity index (χ2v) is 4.59. The van der Waals surface area contributed by atoms with Crippen LogP contribution in [-0.2, 0) is 15.6 Å². The van der Waals surface area contributed by atoms with Crippen LogP contribution in [0.3, 0.4) is 0 Å². The molecule has 0 unspecified atom stereocenters. The van der Waals surface area contributed by atoms with Crippen LogP contribution in [0.1, 0.15) is 17.5 Å². The molecule has 0 bridgehead atoms. The van der Waals surface area contributed by atoms with Crippen molar-refractivity contribution < 1.29 is 13.9 Å². The van der Waals surface area contributed by atoms with Crippen molar-refractivity contribution in [2.45, 2.75) is 17.3 Å². The number of hydrogen-bond acceptors (Lipinski definition) is 3. The maximum atomic E-state index is 11.2. The van der Waals surface area contributed by atoms with Crippen molar-refractivity contribution in [2.24, 2.45) is 0 Å². The zero-order valence-electron chi connectivity index (χ0n) is 8.46. The summed E-state index contributed by atoms with van der Waals surface area (Å²) in [5, 5.41) is 1.13. The van der Waals surface area contributed by atoms with Crippen LogP contribution in [0.15, 0.2) is 22.8 Å². The van der Waals surface area contributed by atoms with E-state index < -0.39 is 0 Å². The fourth-order valence-corrected chi connectivity index (χ4v) is 2.55. The first kappa shape index (κ1) is 10.1. The highest BCUT2D eigenvalue weighted by Gasteiger charge is 2.19. The SMILES string of the molecule is O=C1CCc2cc3c(CI)coc3cc2O1. The Labute approximate surface area is 106 Å². The van der Waals surface area contributed by atoms with Gasteiger partial charge in [-0.05, 0) is 18.1 Å². The number of alkyl halides is 1. The van der Waals surface area contributed by atoms with E-state index in [0.717, 1.165) is 27.4 Å². The molecule has 0 saturated carbocycles. The maximum Gasteiger partial charge on any atom is 0.311 e. The molecule has 1 aromatic heterocycles. The Morgan fingerprint density at radius 1 is 1.31 bits per heavy atom. The standard InChI is InChI=1S/C12H9IO3/c13-5-8-6-15-11-4-10-7(3-9(8)11)1-2-12(14)16-10/h3-4,6H,1-2,5H2. The molecule has 0 spiro atoms. The van der Waals surface area contributed by atoms with Crippen LogP contribution >= 0.6 is 22.6 Å². The van der Waals surface area contributed by atoms with E-state index in [1.165, 1.54) is 5.56 Å². The van der Waals surface area contributed by atoms with Gasteiger partial charge in [0.1, 0.15) is 11.3 Å². The van der Waals surface area contributed by atoms with E-state index in [4.69, 9.17) is 9.15 Å². The van der Waals surface area contributed by atoms with Crippen LogP contribution in [0.5, 0.6) is 5.75 Å². The van der Waals surface area contributed by atoms with Crippen LogP contribution in [0.2, 0.25) is 0 Å². The van der Waals surface area contributed by atoms with Crippen LogP contribution in [0, 0.1) is 0 Å². The van der Waals surface area contributed by atoms with Crippen molar-refractivity contribution in [3.05, 3.63) is 29.5 Å². The summed E-state index contributed by atoms with van der Waals surface area (Å²) in [5.41, 5.74) is 3.08. The molecule has 0 fully saturated rings. The van der Waals surface area contributed by atoms with Gasteiger partial charge in [-0.2, -0.15) is 0 Å². The smallest absolute Gasteiger partial charge is 0.311 e. The van der Waals surface area contributed by atoms with Crippen molar-refractivity contribution in [1.82, 2.24) is 0 Å². The van der Waals surface area contributed by atoms with Crippen LogP contribution in [-0.4, -0.2) is 5.97 Å². The van der Waals surface area contributed by atoms with Gasteiger partial charge in [0.25, 0.3) is 0 Å². The van der Waals surface area contributed by atoms with Crippen molar-refractivity contribution in [3.63, 3.8) is 0 Å². The summed E-state index contributed by atoms with van der Waals surface area (Å²) in [6.45, 7) is 0. The number of carbonyl (C=O) groups is 1. The molecule has 1 aliphatic rings. The predicted octanol–water partition coefficient (Wildman–Crippen LogP) is 3.22. The third-order valence-electron chi connectivity index (χ3n) is 2.80. The summed E-state index contributed by atoms with van der Waals surface area (Å²) in [4.78, 5) is 11.2. The number of furan rings is 1. The van der Waals surface area contributed by atoms with Crippen molar-refractivity contribution >= 4 is 39.5 Å². The van der Waals surface area contributed by atoms with Crippen molar-refractivity contribution in [2.75, 3.05) is 0 Å². The first-order valence-electron chi connectivity index (χ1n) is 5.07. The zero-order valence-corrected chi connectivity index (χ0v) is 10.6. The number of benzene rings is 1. The fourth-order valence-electron chi connectivity index (χ4n) is 1.96. The number of esters is 1. The second kappa shape index (κ2) is 3.76.